The van der Waals surface area contributed by atoms with E-state index < -0.39 is 11.1 Å². The summed E-state index contributed by atoms with van der Waals surface area (Å²) in [5, 5.41) is 8.28. The molecule has 0 amide bonds. The molecule has 0 atom stereocenters. The van der Waals surface area contributed by atoms with E-state index in [1.54, 1.807) is 24.3 Å². The molecule has 1 aromatic heterocycles. The summed E-state index contributed by atoms with van der Waals surface area (Å²) < 4.78 is 14.4. The number of benzene rings is 1. The van der Waals surface area contributed by atoms with Crippen molar-refractivity contribution in [3.8, 4) is 11.1 Å². The molecule has 0 unspecified atom stereocenters. The van der Waals surface area contributed by atoms with Gasteiger partial charge in [-0.1, -0.05) is 39.4 Å². The van der Waals surface area contributed by atoms with Crippen LogP contribution in [0.25, 0.3) is 11.1 Å². The van der Waals surface area contributed by atoms with Gasteiger partial charge in [-0.05, 0) is 23.8 Å². The van der Waals surface area contributed by atoms with Crippen molar-refractivity contribution in [2.45, 2.75) is 0 Å². The highest BCUT2D eigenvalue weighted by molar-refractivity contribution is 9.10. The fourth-order valence-electron chi connectivity index (χ4n) is 1.30. The summed E-state index contributed by atoms with van der Waals surface area (Å²) >= 11 is 3.92. The largest absolute Gasteiger partial charge is 0.477 e. The monoisotopic (exact) mass is 300 g/mol. The van der Waals surface area contributed by atoms with Crippen LogP contribution in [0.3, 0.4) is 0 Å². The summed E-state index contributed by atoms with van der Waals surface area (Å²) in [6.45, 7) is 0. The molecule has 0 saturated carbocycles. The number of thiophene rings is 1. The molecule has 16 heavy (non-hydrogen) atoms. The van der Waals surface area contributed by atoms with E-state index in [4.69, 9.17) is 5.11 Å². The Hall–Kier alpha value is -1.20. The first-order valence-electron chi connectivity index (χ1n) is 4.36. The van der Waals surface area contributed by atoms with E-state index in [1.807, 2.05) is 0 Å². The van der Waals surface area contributed by atoms with Crippen LogP contribution in [0.4, 0.5) is 4.39 Å². The van der Waals surface area contributed by atoms with Gasteiger partial charge in [-0.2, -0.15) is 4.39 Å². The minimum Gasteiger partial charge on any atom is -0.477 e. The van der Waals surface area contributed by atoms with Crippen LogP contribution < -0.4 is 0 Å². The summed E-state index contributed by atoms with van der Waals surface area (Å²) in [6.07, 6.45) is 0. The van der Waals surface area contributed by atoms with Crippen LogP contribution in [0.5, 0.6) is 0 Å². The molecule has 0 aliphatic rings. The average molecular weight is 301 g/mol. The van der Waals surface area contributed by atoms with Crippen molar-refractivity contribution in [2.75, 3.05) is 0 Å². The van der Waals surface area contributed by atoms with Crippen LogP contribution in [0.15, 0.2) is 34.8 Å². The highest BCUT2D eigenvalue weighted by Crippen LogP contribution is 2.30. The second-order valence-electron chi connectivity index (χ2n) is 3.11. The van der Waals surface area contributed by atoms with Gasteiger partial charge in [0, 0.05) is 10.0 Å². The molecule has 0 saturated heterocycles. The van der Waals surface area contributed by atoms with E-state index in [1.165, 1.54) is 6.07 Å². The van der Waals surface area contributed by atoms with Crippen molar-refractivity contribution >= 4 is 33.2 Å². The van der Waals surface area contributed by atoms with Gasteiger partial charge < -0.3 is 5.11 Å². The Labute approximate surface area is 103 Å². The normalized spacial score (nSPS) is 10.4. The predicted molar refractivity (Wildman–Crippen MR) is 64.4 cm³/mol. The molecule has 0 fully saturated rings. The molecule has 82 valence electrons. The minimum atomic E-state index is -1.10. The van der Waals surface area contributed by atoms with Gasteiger partial charge in [-0.15, -0.1) is 0 Å². The Morgan fingerprint density at radius 3 is 2.44 bits per heavy atom. The minimum absolute atomic E-state index is 0.00965. The Morgan fingerprint density at radius 2 is 1.94 bits per heavy atom. The van der Waals surface area contributed by atoms with Crippen LogP contribution in [0, 0.1) is 5.13 Å². The Morgan fingerprint density at radius 1 is 1.31 bits per heavy atom. The maximum absolute atomic E-state index is 13.5. The van der Waals surface area contributed by atoms with Gasteiger partial charge in [-0.3, -0.25) is 0 Å². The number of hydrogen-bond donors (Lipinski definition) is 1. The van der Waals surface area contributed by atoms with E-state index in [0.29, 0.717) is 22.5 Å². The van der Waals surface area contributed by atoms with Gasteiger partial charge in [0.15, 0.2) is 5.13 Å². The van der Waals surface area contributed by atoms with E-state index >= 15 is 0 Å². The van der Waals surface area contributed by atoms with Crippen LogP contribution in [-0.2, 0) is 0 Å². The van der Waals surface area contributed by atoms with Gasteiger partial charge in [0.2, 0.25) is 0 Å². The Bertz CT molecular complexity index is 533. The molecule has 0 aliphatic carbocycles. The lowest BCUT2D eigenvalue weighted by Gasteiger charge is -1.97. The standard InChI is InChI=1S/C11H6BrFO2S/c12-7-3-1-6(2-4-7)8-5-9(11(14)15)16-10(8)13/h1-5H,(H,14,15). The van der Waals surface area contributed by atoms with Crippen LogP contribution >= 0.6 is 27.3 Å². The molecule has 0 bridgehead atoms. The van der Waals surface area contributed by atoms with E-state index in [9.17, 15) is 9.18 Å². The zero-order valence-electron chi connectivity index (χ0n) is 7.91. The van der Waals surface area contributed by atoms with Crippen LogP contribution in [0.2, 0.25) is 0 Å². The molecule has 1 N–H and O–H groups in total. The molecular formula is C11H6BrFO2S. The van der Waals surface area contributed by atoms with Crippen molar-refractivity contribution < 1.29 is 14.3 Å². The molecular weight excluding hydrogens is 295 g/mol. The predicted octanol–water partition coefficient (Wildman–Crippen LogP) is 4.01. The smallest absolute Gasteiger partial charge is 0.345 e. The van der Waals surface area contributed by atoms with Gasteiger partial charge in [0.05, 0.1) is 0 Å². The summed E-state index contributed by atoms with van der Waals surface area (Å²) in [5.74, 6) is -1.10. The highest BCUT2D eigenvalue weighted by Gasteiger charge is 2.14. The number of carboxylic acid groups (broad SMARTS) is 1. The molecule has 1 aromatic carbocycles. The summed E-state index contributed by atoms with van der Waals surface area (Å²) in [6, 6.07) is 8.40. The maximum atomic E-state index is 13.5. The second kappa shape index (κ2) is 4.35. The number of aromatic carboxylic acids is 1. The summed E-state index contributed by atoms with van der Waals surface area (Å²) in [7, 11) is 0. The first-order chi connectivity index (χ1) is 7.58. The lowest BCUT2D eigenvalue weighted by molar-refractivity contribution is 0.0702. The molecule has 2 aromatic rings. The lowest BCUT2D eigenvalue weighted by Crippen LogP contribution is -1.89. The van der Waals surface area contributed by atoms with E-state index in [0.717, 1.165) is 4.47 Å². The van der Waals surface area contributed by atoms with Gasteiger partial charge >= 0.3 is 5.97 Å². The number of hydrogen-bond acceptors (Lipinski definition) is 2. The van der Waals surface area contributed by atoms with Gasteiger partial charge in [0.25, 0.3) is 0 Å². The van der Waals surface area contributed by atoms with E-state index in [-0.39, 0.29) is 4.88 Å². The van der Waals surface area contributed by atoms with E-state index in [2.05, 4.69) is 15.9 Å². The van der Waals surface area contributed by atoms with Gasteiger partial charge in [-0.25, -0.2) is 4.79 Å². The average Bonchev–Trinajstić information content (AvgIpc) is 2.62. The van der Waals surface area contributed by atoms with Crippen molar-refractivity contribution in [1.82, 2.24) is 0 Å². The van der Waals surface area contributed by atoms with Gasteiger partial charge in [0.1, 0.15) is 4.88 Å². The third-order valence-corrected chi connectivity index (χ3v) is 3.49. The molecule has 5 heteroatoms. The zero-order chi connectivity index (χ0) is 11.7. The Balaban J connectivity index is 2.47. The summed E-state index contributed by atoms with van der Waals surface area (Å²) in [4.78, 5) is 10.7. The lowest BCUT2D eigenvalue weighted by atomic mass is 10.1. The third-order valence-electron chi connectivity index (χ3n) is 2.05. The fourth-order valence-corrected chi connectivity index (χ4v) is 2.31. The molecule has 2 nitrogen and oxygen atoms in total. The summed E-state index contributed by atoms with van der Waals surface area (Å²) in [5.41, 5.74) is 0.999. The Kier molecular flexibility index (Phi) is 3.07. The SMILES string of the molecule is O=C(O)c1cc(-c2ccc(Br)cc2)c(F)s1. The van der Waals surface area contributed by atoms with Crippen molar-refractivity contribution in [2.24, 2.45) is 0 Å². The highest BCUT2D eigenvalue weighted by atomic mass is 79.9. The molecule has 2 rings (SSSR count). The van der Waals surface area contributed by atoms with Crippen molar-refractivity contribution in [3.05, 3.63) is 44.8 Å². The number of halogens is 2. The topological polar surface area (TPSA) is 37.3 Å². The third kappa shape index (κ3) is 2.15. The first-order valence-corrected chi connectivity index (χ1v) is 5.97. The molecule has 1 heterocycles. The number of carbonyl (C=O) groups is 1. The maximum Gasteiger partial charge on any atom is 0.345 e. The van der Waals surface area contributed by atoms with Crippen molar-refractivity contribution in [1.29, 1.82) is 0 Å². The van der Waals surface area contributed by atoms with Crippen LogP contribution in [0.1, 0.15) is 9.67 Å². The fraction of sp³-hybridized carbons (Fsp3) is 0. The molecule has 0 radical (unpaired) electrons. The molecule has 0 aliphatic heterocycles. The molecule has 0 spiro atoms. The quantitative estimate of drug-likeness (QED) is 0.910. The second-order valence-corrected chi connectivity index (χ2v) is 5.03. The first kappa shape index (κ1) is 11.3. The van der Waals surface area contributed by atoms with Crippen LogP contribution in [-0.4, -0.2) is 11.1 Å². The zero-order valence-corrected chi connectivity index (χ0v) is 10.3. The van der Waals surface area contributed by atoms with Crippen molar-refractivity contribution in [3.63, 3.8) is 0 Å². The number of carboxylic acids is 1. The number of rotatable bonds is 2.